The molecule has 2 aromatic rings. The van der Waals surface area contributed by atoms with Crippen molar-refractivity contribution in [2.45, 2.75) is 0 Å². The Hall–Kier alpha value is -3.76. The van der Waals surface area contributed by atoms with Crippen LogP contribution in [-0.4, -0.2) is 70.7 Å². The fourth-order valence-electron chi connectivity index (χ4n) is 2.75. The molecule has 1 aromatic heterocycles. The van der Waals surface area contributed by atoms with Gasteiger partial charge in [-0.05, 0) is 12.1 Å². The van der Waals surface area contributed by atoms with E-state index in [4.69, 9.17) is 14.7 Å². The number of aliphatic carboxylic acids is 1. The molecule has 148 valence electrons. The number of fused-ring (bicyclic) bond motifs is 1. The van der Waals surface area contributed by atoms with E-state index in [-0.39, 0.29) is 30.7 Å². The average Bonchev–Trinajstić information content (AvgIpc) is 3.07. The number of aromatic nitrogens is 1. The Labute approximate surface area is 157 Å². The lowest BCUT2D eigenvalue weighted by atomic mass is 10.1. The number of benzene rings is 1. The second kappa shape index (κ2) is 7.86. The molecule has 3 rings (SSSR count). The maximum absolute atomic E-state index is 12.7. The van der Waals surface area contributed by atoms with Crippen molar-refractivity contribution in [1.29, 1.82) is 0 Å². The summed E-state index contributed by atoms with van der Waals surface area (Å²) in [6.07, 6.45) is -0.486. The van der Waals surface area contributed by atoms with Gasteiger partial charge in [0.1, 0.15) is 25.5 Å². The molecule has 0 unspecified atom stereocenters. The van der Waals surface area contributed by atoms with Crippen LogP contribution in [0.2, 0.25) is 0 Å². The predicted molar refractivity (Wildman–Crippen MR) is 94.2 cm³/mol. The third kappa shape index (κ3) is 3.68. The number of cyclic esters (lactones) is 1. The minimum atomic E-state index is -1.30. The predicted octanol–water partition coefficient (Wildman–Crippen LogP) is -0.598. The highest BCUT2D eigenvalue weighted by atomic mass is 16.7. The van der Waals surface area contributed by atoms with Crippen LogP contribution in [0, 0.1) is 0 Å². The Balaban J connectivity index is 1.93. The molecular formula is C17H17N3O8. The van der Waals surface area contributed by atoms with Crippen molar-refractivity contribution in [2.75, 3.05) is 32.8 Å². The molecule has 3 N–H and O–H groups in total. The summed E-state index contributed by atoms with van der Waals surface area (Å²) in [5.41, 5.74) is -1.38. The SMILES string of the molecule is O=C(O)CNC(=O)c1c(O)c2ccccc2n(OCCN2CCOC2=O)c1=O. The quantitative estimate of drug-likeness (QED) is 0.567. The number of carbonyl (C=O) groups is 3. The van der Waals surface area contributed by atoms with Crippen LogP contribution in [0.15, 0.2) is 29.1 Å². The molecule has 28 heavy (non-hydrogen) atoms. The van der Waals surface area contributed by atoms with Crippen molar-refractivity contribution < 1.29 is 34.2 Å². The molecule has 0 spiro atoms. The van der Waals surface area contributed by atoms with Crippen LogP contribution in [0.3, 0.4) is 0 Å². The van der Waals surface area contributed by atoms with Gasteiger partial charge in [0.15, 0.2) is 5.56 Å². The van der Waals surface area contributed by atoms with Crippen molar-refractivity contribution in [3.05, 3.63) is 40.2 Å². The van der Waals surface area contributed by atoms with Gasteiger partial charge in [-0.3, -0.25) is 14.4 Å². The molecule has 2 amide bonds. The summed E-state index contributed by atoms with van der Waals surface area (Å²) >= 11 is 0. The van der Waals surface area contributed by atoms with E-state index in [0.717, 1.165) is 4.73 Å². The highest BCUT2D eigenvalue weighted by Gasteiger charge is 2.24. The number of rotatable bonds is 7. The van der Waals surface area contributed by atoms with Crippen LogP contribution < -0.4 is 15.7 Å². The number of hydrogen-bond donors (Lipinski definition) is 3. The van der Waals surface area contributed by atoms with E-state index in [1.807, 2.05) is 5.32 Å². The van der Waals surface area contributed by atoms with Gasteiger partial charge in [0, 0.05) is 5.39 Å². The minimum absolute atomic E-state index is 0.0695. The van der Waals surface area contributed by atoms with Gasteiger partial charge in [0.2, 0.25) is 0 Å². The minimum Gasteiger partial charge on any atom is -0.506 e. The maximum atomic E-state index is 12.7. The third-order valence-electron chi connectivity index (χ3n) is 4.07. The zero-order valence-corrected chi connectivity index (χ0v) is 14.6. The van der Waals surface area contributed by atoms with Crippen molar-refractivity contribution in [3.63, 3.8) is 0 Å². The summed E-state index contributed by atoms with van der Waals surface area (Å²) in [6, 6.07) is 6.20. The Morgan fingerprint density at radius 1 is 1.25 bits per heavy atom. The lowest BCUT2D eigenvalue weighted by Gasteiger charge is -2.17. The van der Waals surface area contributed by atoms with Crippen LogP contribution in [0.25, 0.3) is 10.9 Å². The fourth-order valence-corrected chi connectivity index (χ4v) is 2.75. The second-order valence-electron chi connectivity index (χ2n) is 5.85. The van der Waals surface area contributed by atoms with Crippen LogP contribution in [0.4, 0.5) is 4.79 Å². The molecule has 1 saturated heterocycles. The lowest BCUT2D eigenvalue weighted by molar-refractivity contribution is -0.135. The molecule has 0 bridgehead atoms. The average molecular weight is 391 g/mol. The number of ether oxygens (including phenoxy) is 1. The van der Waals surface area contributed by atoms with Gasteiger partial charge in [-0.25, -0.2) is 4.79 Å². The topological polar surface area (TPSA) is 147 Å². The number of nitrogens with zero attached hydrogens (tertiary/aromatic N) is 2. The Morgan fingerprint density at radius 2 is 2.00 bits per heavy atom. The first-order valence-electron chi connectivity index (χ1n) is 8.32. The van der Waals surface area contributed by atoms with Gasteiger partial charge < -0.3 is 30.0 Å². The van der Waals surface area contributed by atoms with E-state index in [1.165, 1.54) is 17.0 Å². The molecule has 1 aliphatic rings. The van der Waals surface area contributed by atoms with Crippen LogP contribution in [-0.2, 0) is 9.53 Å². The molecule has 11 heteroatoms. The van der Waals surface area contributed by atoms with E-state index < -0.39 is 41.4 Å². The normalized spacial score (nSPS) is 13.4. The van der Waals surface area contributed by atoms with Gasteiger partial charge in [0.25, 0.3) is 11.5 Å². The van der Waals surface area contributed by atoms with Crippen molar-refractivity contribution in [3.8, 4) is 5.75 Å². The fraction of sp³-hybridized carbons (Fsp3) is 0.294. The summed E-state index contributed by atoms with van der Waals surface area (Å²) in [6.45, 7) is 0.0362. The van der Waals surface area contributed by atoms with E-state index in [9.17, 15) is 24.3 Å². The molecule has 0 aliphatic carbocycles. The molecule has 0 atom stereocenters. The number of aromatic hydroxyl groups is 1. The molecule has 11 nitrogen and oxygen atoms in total. The van der Waals surface area contributed by atoms with E-state index in [1.54, 1.807) is 12.1 Å². The summed E-state index contributed by atoms with van der Waals surface area (Å²) < 4.78 is 5.64. The number of carboxylic acid groups (broad SMARTS) is 1. The summed E-state index contributed by atoms with van der Waals surface area (Å²) in [4.78, 5) is 54.0. The Morgan fingerprint density at radius 3 is 2.68 bits per heavy atom. The van der Waals surface area contributed by atoms with Gasteiger partial charge in [0.05, 0.1) is 18.6 Å². The molecule has 2 heterocycles. The second-order valence-corrected chi connectivity index (χ2v) is 5.85. The standard InChI is InChI=1S/C17H17N3O8/c21-12(22)9-18-15(24)13-14(23)10-3-1-2-4-11(10)20(16(13)25)28-8-6-19-5-7-27-17(19)26/h1-4,23H,5-9H2,(H,18,24)(H,21,22). The number of nitrogens with one attached hydrogen (secondary N) is 1. The van der Waals surface area contributed by atoms with Crippen LogP contribution >= 0.6 is 0 Å². The number of amides is 2. The van der Waals surface area contributed by atoms with Gasteiger partial charge in [-0.2, -0.15) is 0 Å². The Kier molecular flexibility index (Phi) is 5.34. The van der Waals surface area contributed by atoms with Gasteiger partial charge in [-0.1, -0.05) is 12.1 Å². The maximum Gasteiger partial charge on any atom is 0.410 e. The monoisotopic (exact) mass is 391 g/mol. The smallest absolute Gasteiger partial charge is 0.410 e. The van der Waals surface area contributed by atoms with E-state index in [0.29, 0.717) is 6.54 Å². The number of carboxylic acids is 1. The summed E-state index contributed by atoms with van der Waals surface area (Å²) in [5, 5.41) is 21.3. The first-order valence-corrected chi connectivity index (χ1v) is 8.32. The van der Waals surface area contributed by atoms with Crippen LogP contribution in [0.1, 0.15) is 10.4 Å². The molecule has 1 aliphatic heterocycles. The van der Waals surface area contributed by atoms with E-state index >= 15 is 0 Å². The number of para-hydroxylation sites is 1. The zero-order valence-electron chi connectivity index (χ0n) is 14.6. The first-order chi connectivity index (χ1) is 13.4. The Bertz CT molecular complexity index is 1000. The zero-order chi connectivity index (χ0) is 20.3. The van der Waals surface area contributed by atoms with Crippen molar-refractivity contribution in [2.24, 2.45) is 0 Å². The highest BCUT2D eigenvalue weighted by molar-refractivity contribution is 6.02. The third-order valence-corrected chi connectivity index (χ3v) is 4.07. The summed E-state index contributed by atoms with van der Waals surface area (Å²) in [5.74, 6) is -2.93. The highest BCUT2D eigenvalue weighted by Crippen LogP contribution is 2.25. The molecule has 1 fully saturated rings. The molecule has 0 saturated carbocycles. The summed E-state index contributed by atoms with van der Waals surface area (Å²) in [7, 11) is 0. The number of hydrogen-bond acceptors (Lipinski definition) is 7. The van der Waals surface area contributed by atoms with E-state index in [2.05, 4.69) is 0 Å². The van der Waals surface area contributed by atoms with Crippen LogP contribution in [0.5, 0.6) is 5.75 Å². The molecule has 1 aromatic carbocycles. The number of pyridine rings is 1. The van der Waals surface area contributed by atoms with Crippen molar-refractivity contribution >= 4 is 28.9 Å². The van der Waals surface area contributed by atoms with Crippen molar-refractivity contribution in [1.82, 2.24) is 14.9 Å². The van der Waals surface area contributed by atoms with Gasteiger partial charge in [-0.15, -0.1) is 4.73 Å². The lowest BCUT2D eigenvalue weighted by Crippen LogP contribution is -2.39. The number of carbonyl (C=O) groups excluding carboxylic acids is 2. The van der Waals surface area contributed by atoms with Gasteiger partial charge >= 0.3 is 12.1 Å². The first kappa shape index (κ1) is 19.0. The molecule has 0 radical (unpaired) electrons. The molecular weight excluding hydrogens is 374 g/mol. The largest absolute Gasteiger partial charge is 0.506 e.